The fourth-order valence-electron chi connectivity index (χ4n) is 2.09. The van der Waals surface area contributed by atoms with Gasteiger partial charge in [-0.05, 0) is 29.8 Å². The first-order chi connectivity index (χ1) is 10.7. The molecule has 1 amide bonds. The average molecular weight is 357 g/mol. The zero-order chi connectivity index (χ0) is 15.4. The monoisotopic (exact) mass is 356 g/mol. The molecule has 0 saturated carbocycles. The summed E-state index contributed by atoms with van der Waals surface area (Å²) >= 11 is 3.39. The Morgan fingerprint density at radius 3 is 3.00 bits per heavy atom. The number of carbonyl (C=O) groups is 1. The van der Waals surface area contributed by atoms with Crippen LogP contribution in [0.1, 0.15) is 5.56 Å². The minimum atomic E-state index is -0.200. The van der Waals surface area contributed by atoms with E-state index in [1.165, 1.54) is 0 Å². The van der Waals surface area contributed by atoms with Gasteiger partial charge in [0.25, 0.3) is 5.91 Å². The van der Waals surface area contributed by atoms with E-state index < -0.39 is 0 Å². The lowest BCUT2D eigenvalue weighted by Crippen LogP contribution is -2.22. The van der Waals surface area contributed by atoms with Gasteiger partial charge in [0.05, 0.1) is 23.6 Å². The average Bonchev–Trinajstić information content (AvgIpc) is 2.91. The number of imidazole rings is 1. The van der Waals surface area contributed by atoms with Crippen LogP contribution in [0.4, 0.5) is 0 Å². The molecule has 5 nitrogen and oxygen atoms in total. The number of nitrogens with one attached hydrogen (secondary N) is 1. The number of amides is 1. The van der Waals surface area contributed by atoms with Crippen LogP contribution in [-0.2, 0) is 11.3 Å². The van der Waals surface area contributed by atoms with E-state index in [0.29, 0.717) is 0 Å². The van der Waals surface area contributed by atoms with Crippen molar-refractivity contribution in [3.05, 3.63) is 64.9 Å². The highest BCUT2D eigenvalue weighted by Crippen LogP contribution is 2.11. The lowest BCUT2D eigenvalue weighted by molar-refractivity contribution is -0.121. The van der Waals surface area contributed by atoms with Gasteiger partial charge in [0.1, 0.15) is 6.54 Å². The molecule has 3 rings (SSSR count). The predicted molar refractivity (Wildman–Crippen MR) is 89.6 cm³/mol. The summed E-state index contributed by atoms with van der Waals surface area (Å²) in [5.41, 5.74) is 5.22. The van der Waals surface area contributed by atoms with Crippen LogP contribution in [0.25, 0.3) is 11.0 Å². The van der Waals surface area contributed by atoms with Gasteiger partial charge in [-0.15, -0.1) is 0 Å². The quantitative estimate of drug-likeness (QED) is 0.577. The largest absolute Gasteiger partial charge is 0.321 e. The smallest absolute Gasteiger partial charge is 0.260 e. The number of halogens is 1. The van der Waals surface area contributed by atoms with Crippen molar-refractivity contribution in [2.24, 2.45) is 5.10 Å². The standard InChI is InChI=1S/C16H13BrN4O/c17-13-5-3-4-12(8-13)9-19-20-16(22)10-21-11-18-14-6-1-2-7-15(14)21/h1-9,11H,10H2,(H,20,22)/b19-9+. The van der Waals surface area contributed by atoms with Gasteiger partial charge in [0.2, 0.25) is 0 Å². The summed E-state index contributed by atoms with van der Waals surface area (Å²) in [4.78, 5) is 16.2. The Labute approximate surface area is 135 Å². The van der Waals surface area contributed by atoms with E-state index in [4.69, 9.17) is 0 Å². The molecule has 1 aromatic heterocycles. The molecule has 0 atom stereocenters. The summed E-state index contributed by atoms with van der Waals surface area (Å²) in [6.45, 7) is 0.177. The number of benzene rings is 2. The number of aromatic nitrogens is 2. The second-order valence-corrected chi connectivity index (χ2v) is 5.63. The topological polar surface area (TPSA) is 59.3 Å². The minimum absolute atomic E-state index is 0.177. The molecule has 3 aromatic rings. The van der Waals surface area contributed by atoms with Crippen LogP contribution >= 0.6 is 15.9 Å². The van der Waals surface area contributed by atoms with Crippen molar-refractivity contribution >= 4 is 39.1 Å². The van der Waals surface area contributed by atoms with Gasteiger partial charge in [0, 0.05) is 4.47 Å². The molecule has 6 heteroatoms. The maximum Gasteiger partial charge on any atom is 0.260 e. The Morgan fingerprint density at radius 1 is 1.27 bits per heavy atom. The number of hydrazone groups is 1. The fraction of sp³-hybridized carbons (Fsp3) is 0.0625. The van der Waals surface area contributed by atoms with Crippen molar-refractivity contribution in [1.82, 2.24) is 15.0 Å². The van der Waals surface area contributed by atoms with E-state index in [-0.39, 0.29) is 12.5 Å². The third-order valence-electron chi connectivity index (χ3n) is 3.09. The summed E-state index contributed by atoms with van der Waals surface area (Å²) in [6, 6.07) is 15.3. The van der Waals surface area contributed by atoms with Crippen LogP contribution in [-0.4, -0.2) is 21.7 Å². The summed E-state index contributed by atoms with van der Waals surface area (Å²) in [5, 5.41) is 3.96. The van der Waals surface area contributed by atoms with Crippen LogP contribution in [0.2, 0.25) is 0 Å². The first-order valence-corrected chi connectivity index (χ1v) is 7.49. The molecule has 0 aliphatic rings. The number of para-hydroxylation sites is 2. The molecule has 22 heavy (non-hydrogen) atoms. The zero-order valence-electron chi connectivity index (χ0n) is 11.6. The van der Waals surface area contributed by atoms with Gasteiger partial charge >= 0.3 is 0 Å². The lowest BCUT2D eigenvalue weighted by atomic mass is 10.2. The number of carbonyl (C=O) groups excluding carboxylic acids is 1. The van der Waals surface area contributed by atoms with Crippen molar-refractivity contribution in [2.75, 3.05) is 0 Å². The maximum absolute atomic E-state index is 11.9. The van der Waals surface area contributed by atoms with Crippen LogP contribution in [0.5, 0.6) is 0 Å². The van der Waals surface area contributed by atoms with Gasteiger partial charge in [-0.1, -0.05) is 40.2 Å². The van der Waals surface area contributed by atoms with Crippen LogP contribution in [0.3, 0.4) is 0 Å². The van der Waals surface area contributed by atoms with Gasteiger partial charge in [-0.2, -0.15) is 5.10 Å². The molecule has 0 spiro atoms. The Balaban J connectivity index is 1.63. The summed E-state index contributed by atoms with van der Waals surface area (Å²) in [6.07, 6.45) is 3.26. The van der Waals surface area contributed by atoms with E-state index in [9.17, 15) is 4.79 Å². The van der Waals surface area contributed by atoms with Gasteiger partial charge in [-0.25, -0.2) is 10.4 Å². The Morgan fingerprint density at radius 2 is 2.14 bits per heavy atom. The van der Waals surface area contributed by atoms with Crippen molar-refractivity contribution in [3.8, 4) is 0 Å². The molecule has 0 saturated heterocycles. The number of fused-ring (bicyclic) bond motifs is 1. The van der Waals surface area contributed by atoms with E-state index in [1.807, 2.05) is 48.5 Å². The fourth-order valence-corrected chi connectivity index (χ4v) is 2.51. The van der Waals surface area contributed by atoms with Crippen molar-refractivity contribution in [3.63, 3.8) is 0 Å². The van der Waals surface area contributed by atoms with E-state index in [0.717, 1.165) is 21.1 Å². The molecule has 0 radical (unpaired) electrons. The Hall–Kier alpha value is -2.47. The van der Waals surface area contributed by atoms with E-state index in [2.05, 4.69) is 31.4 Å². The second kappa shape index (κ2) is 6.53. The molecule has 1 heterocycles. The number of hydrogen-bond donors (Lipinski definition) is 1. The molecular formula is C16H13BrN4O. The Kier molecular flexibility index (Phi) is 4.29. The molecule has 0 aliphatic carbocycles. The van der Waals surface area contributed by atoms with Gasteiger partial charge in [-0.3, -0.25) is 4.79 Å². The summed E-state index contributed by atoms with van der Waals surface area (Å²) < 4.78 is 2.76. The molecule has 0 aliphatic heterocycles. The minimum Gasteiger partial charge on any atom is -0.321 e. The van der Waals surface area contributed by atoms with E-state index >= 15 is 0 Å². The number of nitrogens with zero attached hydrogens (tertiary/aromatic N) is 3. The molecule has 110 valence electrons. The normalized spacial score (nSPS) is 11.1. The predicted octanol–water partition coefficient (Wildman–Crippen LogP) is 2.95. The van der Waals surface area contributed by atoms with Crippen molar-refractivity contribution in [2.45, 2.75) is 6.54 Å². The maximum atomic E-state index is 11.9. The highest BCUT2D eigenvalue weighted by Gasteiger charge is 2.05. The highest BCUT2D eigenvalue weighted by molar-refractivity contribution is 9.10. The van der Waals surface area contributed by atoms with Crippen molar-refractivity contribution < 1.29 is 4.79 Å². The van der Waals surface area contributed by atoms with Crippen LogP contribution in [0.15, 0.2) is 64.4 Å². The Bertz CT molecular complexity index is 841. The van der Waals surface area contributed by atoms with Gasteiger partial charge in [0.15, 0.2) is 0 Å². The SMILES string of the molecule is O=C(Cn1cnc2ccccc21)N/N=C/c1cccc(Br)c1. The summed E-state index contributed by atoms with van der Waals surface area (Å²) in [7, 11) is 0. The zero-order valence-corrected chi connectivity index (χ0v) is 13.2. The lowest BCUT2D eigenvalue weighted by Gasteiger charge is -2.02. The van der Waals surface area contributed by atoms with Crippen LogP contribution < -0.4 is 5.43 Å². The van der Waals surface area contributed by atoms with Gasteiger partial charge < -0.3 is 4.57 Å². The third kappa shape index (κ3) is 3.40. The molecule has 2 aromatic carbocycles. The number of hydrogen-bond acceptors (Lipinski definition) is 3. The summed E-state index contributed by atoms with van der Waals surface area (Å²) in [5.74, 6) is -0.200. The molecule has 0 bridgehead atoms. The number of rotatable bonds is 4. The van der Waals surface area contributed by atoms with Crippen molar-refractivity contribution in [1.29, 1.82) is 0 Å². The van der Waals surface area contributed by atoms with E-state index in [1.54, 1.807) is 17.1 Å². The highest BCUT2D eigenvalue weighted by atomic mass is 79.9. The molecule has 1 N–H and O–H groups in total. The molecular weight excluding hydrogens is 344 g/mol. The third-order valence-corrected chi connectivity index (χ3v) is 3.59. The van der Waals surface area contributed by atoms with Crippen LogP contribution in [0, 0.1) is 0 Å². The molecule has 0 unspecified atom stereocenters. The first kappa shape index (κ1) is 14.5. The second-order valence-electron chi connectivity index (χ2n) is 4.71. The molecule has 0 fully saturated rings. The first-order valence-electron chi connectivity index (χ1n) is 6.70.